The standard InChI is InChI=1S/C22H29N5O3S/c1-17(28)24-18-9-11-19(12-10-18)31(29,30)23-14-13-22-25-20-7-4-5-8-21(20)27(22)16-6-15-26(2)3/h4-5,7-12,23H,6,13-16H2,1-3H3,(H,24,28). The number of aryl methyl sites for hydroxylation is 1. The minimum Gasteiger partial charge on any atom is -0.328 e. The van der Waals surface area contributed by atoms with Gasteiger partial charge >= 0.3 is 0 Å². The fourth-order valence-corrected chi connectivity index (χ4v) is 4.44. The molecular weight excluding hydrogens is 414 g/mol. The molecule has 2 aromatic carbocycles. The summed E-state index contributed by atoms with van der Waals surface area (Å²) in [5.74, 6) is 0.658. The highest BCUT2D eigenvalue weighted by molar-refractivity contribution is 7.89. The first-order valence-corrected chi connectivity index (χ1v) is 11.7. The molecule has 1 amide bonds. The summed E-state index contributed by atoms with van der Waals surface area (Å²) in [7, 11) is 0.439. The molecule has 0 bridgehead atoms. The van der Waals surface area contributed by atoms with E-state index in [9.17, 15) is 13.2 Å². The predicted octanol–water partition coefficient (Wildman–Crippen LogP) is 2.47. The lowest BCUT2D eigenvalue weighted by Gasteiger charge is -2.13. The normalized spacial score (nSPS) is 11.9. The van der Waals surface area contributed by atoms with Crippen LogP contribution in [0.1, 0.15) is 19.2 Å². The Hall–Kier alpha value is -2.75. The van der Waals surface area contributed by atoms with Crippen LogP contribution in [0.4, 0.5) is 5.69 Å². The van der Waals surface area contributed by atoms with Crippen LogP contribution in [0.15, 0.2) is 53.4 Å². The molecular formula is C22H29N5O3S. The van der Waals surface area contributed by atoms with Crippen LogP contribution in [-0.2, 0) is 27.8 Å². The third kappa shape index (κ3) is 6.13. The number of nitrogens with zero attached hydrogens (tertiary/aromatic N) is 3. The van der Waals surface area contributed by atoms with Gasteiger partial charge in [-0.3, -0.25) is 4.79 Å². The molecule has 0 aliphatic carbocycles. The number of amides is 1. The molecule has 1 heterocycles. The predicted molar refractivity (Wildman–Crippen MR) is 123 cm³/mol. The van der Waals surface area contributed by atoms with E-state index in [1.807, 2.05) is 38.4 Å². The second-order valence-electron chi connectivity index (χ2n) is 7.68. The van der Waals surface area contributed by atoms with Gasteiger partial charge in [-0.15, -0.1) is 0 Å². The van der Waals surface area contributed by atoms with Crippen LogP contribution in [0, 0.1) is 0 Å². The molecule has 1 aromatic heterocycles. The molecule has 0 radical (unpaired) electrons. The average Bonchev–Trinajstić information content (AvgIpc) is 3.05. The lowest BCUT2D eigenvalue weighted by atomic mass is 10.3. The zero-order chi connectivity index (χ0) is 22.4. The average molecular weight is 444 g/mol. The van der Waals surface area contributed by atoms with Gasteiger partial charge in [0.2, 0.25) is 15.9 Å². The van der Waals surface area contributed by atoms with Crippen molar-refractivity contribution in [3.8, 4) is 0 Å². The van der Waals surface area contributed by atoms with Crippen LogP contribution in [0.5, 0.6) is 0 Å². The van der Waals surface area contributed by atoms with Gasteiger partial charge in [0.05, 0.1) is 15.9 Å². The van der Waals surface area contributed by atoms with Gasteiger partial charge in [-0.2, -0.15) is 0 Å². The number of imidazole rings is 1. The number of aromatic nitrogens is 2. The van der Waals surface area contributed by atoms with Crippen LogP contribution in [0.2, 0.25) is 0 Å². The van der Waals surface area contributed by atoms with E-state index in [1.165, 1.54) is 19.1 Å². The summed E-state index contributed by atoms with van der Waals surface area (Å²) in [6.07, 6.45) is 1.46. The van der Waals surface area contributed by atoms with Crippen LogP contribution in [0.3, 0.4) is 0 Å². The molecule has 0 aliphatic heterocycles. The van der Waals surface area contributed by atoms with E-state index in [-0.39, 0.29) is 17.3 Å². The second-order valence-corrected chi connectivity index (χ2v) is 9.45. The van der Waals surface area contributed by atoms with E-state index in [2.05, 4.69) is 19.5 Å². The molecule has 0 spiro atoms. The van der Waals surface area contributed by atoms with Gasteiger partial charge in [-0.1, -0.05) is 12.1 Å². The SMILES string of the molecule is CC(=O)Nc1ccc(S(=O)(=O)NCCc2nc3ccccc3n2CCCN(C)C)cc1. The number of carbonyl (C=O) groups excluding carboxylic acids is 1. The third-order valence-corrected chi connectivity index (χ3v) is 6.32. The minimum atomic E-state index is -3.65. The largest absolute Gasteiger partial charge is 0.328 e. The Morgan fingerprint density at radius 3 is 2.48 bits per heavy atom. The lowest BCUT2D eigenvalue weighted by Crippen LogP contribution is -2.27. The first-order chi connectivity index (χ1) is 14.8. The first kappa shape index (κ1) is 22.9. The summed E-state index contributed by atoms with van der Waals surface area (Å²) in [5.41, 5.74) is 2.53. The second kappa shape index (κ2) is 10.0. The smallest absolute Gasteiger partial charge is 0.240 e. The summed E-state index contributed by atoms with van der Waals surface area (Å²) in [6, 6.07) is 14.1. The highest BCUT2D eigenvalue weighted by Crippen LogP contribution is 2.18. The van der Waals surface area contributed by atoms with Crippen molar-refractivity contribution in [1.82, 2.24) is 19.2 Å². The number of rotatable bonds is 10. The molecule has 9 heteroatoms. The maximum Gasteiger partial charge on any atom is 0.240 e. The number of hydrogen-bond donors (Lipinski definition) is 2. The minimum absolute atomic E-state index is 0.154. The molecule has 0 unspecified atom stereocenters. The number of benzene rings is 2. The number of para-hydroxylation sites is 2. The summed E-state index contributed by atoms with van der Waals surface area (Å²) < 4.78 is 30.1. The first-order valence-electron chi connectivity index (χ1n) is 10.2. The van der Waals surface area contributed by atoms with Crippen LogP contribution in [0.25, 0.3) is 11.0 Å². The molecule has 0 aliphatic rings. The van der Waals surface area contributed by atoms with Crippen molar-refractivity contribution < 1.29 is 13.2 Å². The monoisotopic (exact) mass is 443 g/mol. The Morgan fingerprint density at radius 2 is 1.81 bits per heavy atom. The molecule has 2 N–H and O–H groups in total. The highest BCUT2D eigenvalue weighted by atomic mass is 32.2. The zero-order valence-electron chi connectivity index (χ0n) is 18.1. The van der Waals surface area contributed by atoms with E-state index in [1.54, 1.807) is 12.1 Å². The summed E-state index contributed by atoms with van der Waals surface area (Å²) in [4.78, 5) is 18.1. The number of sulfonamides is 1. The van der Waals surface area contributed by atoms with Gasteiger partial charge in [0, 0.05) is 32.1 Å². The molecule has 0 fully saturated rings. The van der Waals surface area contributed by atoms with E-state index in [0.717, 1.165) is 36.4 Å². The molecule has 3 rings (SSSR count). The lowest BCUT2D eigenvalue weighted by molar-refractivity contribution is -0.114. The van der Waals surface area contributed by atoms with Crippen LogP contribution < -0.4 is 10.0 Å². The van der Waals surface area contributed by atoms with Crippen molar-refractivity contribution >= 4 is 32.7 Å². The Bertz CT molecular complexity index is 1140. The Labute approximate surface area is 183 Å². The van der Waals surface area contributed by atoms with Gasteiger partial charge in [0.25, 0.3) is 0 Å². The van der Waals surface area contributed by atoms with E-state index in [4.69, 9.17) is 4.98 Å². The molecule has 3 aromatic rings. The van der Waals surface area contributed by atoms with Gasteiger partial charge in [0.1, 0.15) is 5.82 Å². The van der Waals surface area contributed by atoms with Crippen LogP contribution in [-0.4, -0.2) is 56.0 Å². The van der Waals surface area contributed by atoms with Crippen molar-refractivity contribution in [3.05, 3.63) is 54.4 Å². The van der Waals surface area contributed by atoms with E-state index < -0.39 is 10.0 Å². The summed E-state index contributed by atoms with van der Waals surface area (Å²) in [5, 5.41) is 2.62. The zero-order valence-corrected chi connectivity index (χ0v) is 18.9. The van der Waals surface area contributed by atoms with Crippen LogP contribution >= 0.6 is 0 Å². The third-order valence-electron chi connectivity index (χ3n) is 4.85. The highest BCUT2D eigenvalue weighted by Gasteiger charge is 2.15. The number of anilines is 1. The number of nitrogens with one attached hydrogen (secondary N) is 2. The molecule has 0 saturated carbocycles. The van der Waals surface area contributed by atoms with Gasteiger partial charge in [0.15, 0.2) is 0 Å². The summed E-state index contributed by atoms with van der Waals surface area (Å²) >= 11 is 0. The Kier molecular flexibility index (Phi) is 7.42. The van der Waals surface area contributed by atoms with E-state index >= 15 is 0 Å². The topological polar surface area (TPSA) is 96.3 Å². The quantitative estimate of drug-likeness (QED) is 0.502. The number of carbonyl (C=O) groups is 1. The summed E-state index contributed by atoms with van der Waals surface area (Å²) in [6.45, 7) is 3.44. The number of hydrogen-bond acceptors (Lipinski definition) is 5. The van der Waals surface area contributed by atoms with Gasteiger partial charge in [-0.25, -0.2) is 18.1 Å². The van der Waals surface area contributed by atoms with Crippen molar-refractivity contribution in [3.63, 3.8) is 0 Å². The molecule has 0 atom stereocenters. The van der Waals surface area contributed by atoms with Crippen molar-refractivity contribution in [1.29, 1.82) is 0 Å². The van der Waals surface area contributed by atoms with Gasteiger partial charge < -0.3 is 14.8 Å². The molecule has 0 saturated heterocycles. The fourth-order valence-electron chi connectivity index (χ4n) is 3.41. The van der Waals surface area contributed by atoms with Crippen molar-refractivity contribution in [2.24, 2.45) is 0 Å². The Balaban J connectivity index is 1.68. The van der Waals surface area contributed by atoms with Crippen molar-refractivity contribution in [2.75, 3.05) is 32.5 Å². The maximum atomic E-state index is 12.6. The number of fused-ring (bicyclic) bond motifs is 1. The van der Waals surface area contributed by atoms with Gasteiger partial charge in [-0.05, 0) is 63.5 Å². The maximum absolute atomic E-state index is 12.6. The molecule has 31 heavy (non-hydrogen) atoms. The fraction of sp³-hybridized carbons (Fsp3) is 0.364. The molecule has 8 nitrogen and oxygen atoms in total. The Morgan fingerprint density at radius 1 is 1.10 bits per heavy atom. The van der Waals surface area contributed by atoms with Crippen molar-refractivity contribution in [2.45, 2.75) is 31.2 Å². The molecule has 166 valence electrons. The van der Waals surface area contributed by atoms with E-state index in [0.29, 0.717) is 12.1 Å².